The van der Waals surface area contributed by atoms with E-state index in [1.165, 1.54) is 63.3 Å². The van der Waals surface area contributed by atoms with E-state index < -0.39 is 6.36 Å². The van der Waals surface area contributed by atoms with Crippen molar-refractivity contribution in [3.63, 3.8) is 0 Å². The Morgan fingerprint density at radius 3 is 2.49 bits per heavy atom. The SMILES string of the molecule is CCCc1ccc(C)cc1-n1c(C)csc1=NC(=O)CCCC(C)Cc1ccc(-c2ncn(-c3ccc(OC(F)(F)F)cc3)n2)cc1. The van der Waals surface area contributed by atoms with Gasteiger partial charge in [0.25, 0.3) is 0 Å². The molecule has 11 heteroatoms. The number of nitrogens with zero attached hydrogens (tertiary/aromatic N) is 5. The van der Waals surface area contributed by atoms with Gasteiger partial charge < -0.3 is 4.74 Å². The summed E-state index contributed by atoms with van der Waals surface area (Å²) in [5.41, 5.74) is 7.18. The van der Waals surface area contributed by atoms with Crippen molar-refractivity contribution in [3.8, 4) is 28.5 Å². The number of carbonyl (C=O) groups excluding carboxylic acids is 1. The van der Waals surface area contributed by atoms with Crippen LogP contribution in [0.15, 0.2) is 83.4 Å². The van der Waals surface area contributed by atoms with E-state index in [0.29, 0.717) is 23.9 Å². The molecule has 2 aromatic heterocycles. The number of ether oxygens (including phenoxy) is 1. The van der Waals surface area contributed by atoms with Crippen LogP contribution in [0, 0.1) is 19.8 Å². The fourth-order valence-electron chi connectivity index (χ4n) is 5.51. The summed E-state index contributed by atoms with van der Waals surface area (Å²) in [5.74, 6) is 0.495. The van der Waals surface area contributed by atoms with Gasteiger partial charge in [0.15, 0.2) is 10.6 Å². The molecule has 0 spiro atoms. The molecule has 0 aliphatic rings. The number of rotatable bonds is 12. The van der Waals surface area contributed by atoms with E-state index in [2.05, 4.69) is 75.7 Å². The first-order valence-electron chi connectivity index (χ1n) is 15.7. The van der Waals surface area contributed by atoms with E-state index >= 15 is 0 Å². The van der Waals surface area contributed by atoms with Gasteiger partial charge in [0.2, 0.25) is 5.91 Å². The second kappa shape index (κ2) is 14.9. The smallest absolute Gasteiger partial charge is 0.406 e. The molecule has 1 amide bonds. The summed E-state index contributed by atoms with van der Waals surface area (Å²) in [6.07, 6.45) is 1.74. The van der Waals surface area contributed by atoms with Crippen LogP contribution in [0.5, 0.6) is 5.75 Å². The summed E-state index contributed by atoms with van der Waals surface area (Å²) < 4.78 is 44.8. The zero-order valence-corrected chi connectivity index (χ0v) is 27.7. The number of thiazole rings is 1. The minimum Gasteiger partial charge on any atom is -0.406 e. The van der Waals surface area contributed by atoms with Crippen molar-refractivity contribution in [1.29, 1.82) is 0 Å². The van der Waals surface area contributed by atoms with E-state index in [9.17, 15) is 18.0 Å². The molecule has 0 bridgehead atoms. The quantitative estimate of drug-likeness (QED) is 0.134. The molecule has 1 unspecified atom stereocenters. The van der Waals surface area contributed by atoms with Crippen LogP contribution in [-0.2, 0) is 17.6 Å². The maximum Gasteiger partial charge on any atom is 0.573 e. The molecule has 0 N–H and O–H groups in total. The highest BCUT2D eigenvalue weighted by Crippen LogP contribution is 2.25. The van der Waals surface area contributed by atoms with Crippen molar-refractivity contribution < 1.29 is 22.7 Å². The largest absolute Gasteiger partial charge is 0.573 e. The predicted octanol–water partition coefficient (Wildman–Crippen LogP) is 8.73. The maximum atomic E-state index is 12.9. The van der Waals surface area contributed by atoms with Gasteiger partial charge in [0, 0.05) is 23.1 Å². The van der Waals surface area contributed by atoms with Crippen LogP contribution < -0.4 is 9.54 Å². The van der Waals surface area contributed by atoms with Gasteiger partial charge in [-0.2, -0.15) is 4.99 Å². The highest BCUT2D eigenvalue weighted by molar-refractivity contribution is 7.07. The Balaban J connectivity index is 1.14. The van der Waals surface area contributed by atoms with Gasteiger partial charge in [-0.25, -0.2) is 9.67 Å². The Morgan fingerprint density at radius 2 is 1.79 bits per heavy atom. The molecule has 0 radical (unpaired) electrons. The maximum absolute atomic E-state index is 12.9. The molecule has 0 fully saturated rings. The lowest BCUT2D eigenvalue weighted by atomic mass is 9.95. The molecule has 1 atom stereocenters. The van der Waals surface area contributed by atoms with Gasteiger partial charge in [-0.15, -0.1) is 29.6 Å². The van der Waals surface area contributed by atoms with E-state index in [-0.39, 0.29) is 11.7 Å². The third-order valence-electron chi connectivity index (χ3n) is 7.81. The Labute approximate surface area is 276 Å². The fourth-order valence-corrected chi connectivity index (χ4v) is 6.39. The fraction of sp³-hybridized carbons (Fsp3) is 0.333. The molecule has 0 aliphatic heterocycles. The van der Waals surface area contributed by atoms with Gasteiger partial charge in [-0.1, -0.05) is 56.7 Å². The standard InChI is InChI=1S/C36H38F3N5O2S/c1-5-7-28-13-10-25(3)21-32(28)44-26(4)22-47-35(44)41-33(45)9-6-8-24(2)20-27-11-14-29(15-12-27)34-40-23-43(42-34)30-16-18-31(19-17-30)46-36(37,38)39/h10-19,21-24H,5-9,20H2,1-4H3. The number of amides is 1. The Kier molecular flexibility index (Phi) is 10.8. The minimum absolute atomic E-state index is 0.0978. The Hall–Kier alpha value is -4.51. The Bertz CT molecular complexity index is 1870. The molecule has 3 aromatic carbocycles. The van der Waals surface area contributed by atoms with Crippen LogP contribution in [0.1, 0.15) is 61.9 Å². The first-order chi connectivity index (χ1) is 22.5. The van der Waals surface area contributed by atoms with E-state index in [1.54, 1.807) is 0 Å². The van der Waals surface area contributed by atoms with Crippen molar-refractivity contribution in [1.82, 2.24) is 19.3 Å². The topological polar surface area (TPSA) is 74.3 Å². The van der Waals surface area contributed by atoms with Crippen molar-refractivity contribution in [3.05, 3.63) is 106 Å². The summed E-state index contributed by atoms with van der Waals surface area (Å²) >= 11 is 1.50. The number of hydrogen-bond acceptors (Lipinski definition) is 5. The second-order valence-electron chi connectivity index (χ2n) is 11.8. The summed E-state index contributed by atoms with van der Waals surface area (Å²) in [6, 6.07) is 19.9. The van der Waals surface area contributed by atoms with Gasteiger partial charge >= 0.3 is 6.36 Å². The average molecular weight is 662 g/mol. The molecular formula is C36H38F3N5O2S. The van der Waals surface area contributed by atoms with Gasteiger partial charge in [-0.3, -0.25) is 9.36 Å². The first kappa shape index (κ1) is 33.8. The average Bonchev–Trinajstić information content (AvgIpc) is 3.65. The third kappa shape index (κ3) is 9.06. The van der Waals surface area contributed by atoms with E-state index in [4.69, 9.17) is 0 Å². The van der Waals surface area contributed by atoms with Crippen molar-refractivity contribution in [2.75, 3.05) is 0 Å². The van der Waals surface area contributed by atoms with Crippen LogP contribution >= 0.6 is 11.3 Å². The highest BCUT2D eigenvalue weighted by atomic mass is 32.1. The number of halogens is 3. The zero-order chi connectivity index (χ0) is 33.6. The summed E-state index contributed by atoms with van der Waals surface area (Å²) in [4.78, 5) is 22.5. The Morgan fingerprint density at radius 1 is 1.04 bits per heavy atom. The lowest BCUT2D eigenvalue weighted by molar-refractivity contribution is -0.274. The molecule has 0 saturated heterocycles. The van der Waals surface area contributed by atoms with Gasteiger partial charge in [0.1, 0.15) is 12.1 Å². The normalized spacial score (nSPS) is 12.8. The van der Waals surface area contributed by atoms with Crippen LogP contribution in [0.4, 0.5) is 13.2 Å². The van der Waals surface area contributed by atoms with Crippen molar-refractivity contribution >= 4 is 17.2 Å². The van der Waals surface area contributed by atoms with Crippen molar-refractivity contribution in [2.24, 2.45) is 10.9 Å². The molecule has 7 nitrogen and oxygen atoms in total. The van der Waals surface area contributed by atoms with Crippen LogP contribution in [0.2, 0.25) is 0 Å². The van der Waals surface area contributed by atoms with Crippen molar-refractivity contribution in [2.45, 2.75) is 72.6 Å². The summed E-state index contributed by atoms with van der Waals surface area (Å²) in [5, 5.41) is 6.53. The number of benzene rings is 3. The lowest BCUT2D eigenvalue weighted by Crippen LogP contribution is -2.18. The first-order valence-corrected chi connectivity index (χ1v) is 16.6. The number of aromatic nitrogens is 4. The number of carbonyl (C=O) groups is 1. The third-order valence-corrected chi connectivity index (χ3v) is 8.75. The van der Waals surface area contributed by atoms with Crippen LogP contribution in [0.3, 0.4) is 0 Å². The minimum atomic E-state index is -4.74. The summed E-state index contributed by atoms with van der Waals surface area (Å²) in [6.45, 7) is 8.50. The predicted molar refractivity (Wildman–Crippen MR) is 178 cm³/mol. The molecule has 5 rings (SSSR count). The number of hydrogen-bond donors (Lipinski definition) is 0. The number of aryl methyl sites for hydroxylation is 3. The highest BCUT2D eigenvalue weighted by Gasteiger charge is 2.31. The van der Waals surface area contributed by atoms with E-state index in [0.717, 1.165) is 53.9 Å². The zero-order valence-electron chi connectivity index (χ0n) is 26.9. The molecular weight excluding hydrogens is 623 g/mol. The number of alkyl halides is 3. The van der Waals surface area contributed by atoms with Gasteiger partial charge in [-0.05, 0) is 92.5 Å². The molecule has 0 aliphatic carbocycles. The molecule has 2 heterocycles. The molecule has 47 heavy (non-hydrogen) atoms. The summed E-state index contributed by atoms with van der Waals surface area (Å²) in [7, 11) is 0. The molecule has 0 saturated carbocycles. The molecule has 246 valence electrons. The van der Waals surface area contributed by atoms with E-state index in [1.807, 2.05) is 24.3 Å². The second-order valence-corrected chi connectivity index (χ2v) is 12.7. The molecule has 5 aromatic rings. The lowest BCUT2D eigenvalue weighted by Gasteiger charge is -2.13. The van der Waals surface area contributed by atoms with Crippen LogP contribution in [-0.4, -0.2) is 31.6 Å². The monoisotopic (exact) mass is 661 g/mol. The van der Waals surface area contributed by atoms with Gasteiger partial charge in [0.05, 0.1) is 11.4 Å². The van der Waals surface area contributed by atoms with Crippen LogP contribution in [0.25, 0.3) is 22.8 Å².